The number of ether oxygens (including phenoxy) is 2. The van der Waals surface area contributed by atoms with E-state index >= 15 is 0 Å². The van der Waals surface area contributed by atoms with Gasteiger partial charge in [-0.1, -0.05) is 48.9 Å². The molecule has 6 heteroatoms. The maximum Gasteiger partial charge on any atom is 0.200 e. The van der Waals surface area contributed by atoms with Gasteiger partial charge in [0.05, 0.1) is 18.9 Å². The van der Waals surface area contributed by atoms with E-state index in [9.17, 15) is 0 Å². The molecule has 0 amide bonds. The summed E-state index contributed by atoms with van der Waals surface area (Å²) >= 11 is 6.51. The number of rotatable bonds is 3. The van der Waals surface area contributed by atoms with Gasteiger partial charge in [-0.2, -0.15) is 5.10 Å². The lowest BCUT2D eigenvalue weighted by molar-refractivity contribution is -0.150. The lowest BCUT2D eigenvalue weighted by atomic mass is 9.90. The van der Waals surface area contributed by atoms with E-state index < -0.39 is 5.72 Å². The third-order valence-electron chi connectivity index (χ3n) is 6.48. The molecule has 0 saturated carbocycles. The van der Waals surface area contributed by atoms with Crippen LogP contribution in [0.2, 0.25) is 5.02 Å². The minimum absolute atomic E-state index is 0.133. The quantitative estimate of drug-likeness (QED) is 0.733. The number of halogens is 1. The molecule has 5 nitrogen and oxygen atoms in total. The van der Waals surface area contributed by atoms with E-state index in [1.807, 2.05) is 30.3 Å². The van der Waals surface area contributed by atoms with Crippen LogP contribution in [-0.4, -0.2) is 48.1 Å². The minimum atomic E-state index is -0.443. The molecule has 0 aliphatic carbocycles. The van der Waals surface area contributed by atoms with E-state index in [1.165, 1.54) is 0 Å². The zero-order chi connectivity index (χ0) is 20.0. The first-order valence-corrected chi connectivity index (χ1v) is 10.7. The third kappa shape index (κ3) is 2.99. The van der Waals surface area contributed by atoms with Crippen LogP contribution in [0.1, 0.15) is 43.4 Å². The van der Waals surface area contributed by atoms with E-state index in [2.05, 4.69) is 29.0 Å². The molecule has 3 aliphatic heterocycles. The average Bonchev–Trinajstić information content (AvgIpc) is 3.21. The Morgan fingerprint density at radius 3 is 2.69 bits per heavy atom. The Bertz CT molecular complexity index is 953. The van der Waals surface area contributed by atoms with Crippen LogP contribution >= 0.6 is 11.6 Å². The first kappa shape index (κ1) is 18.8. The molecule has 3 heterocycles. The average molecular weight is 412 g/mol. The van der Waals surface area contributed by atoms with E-state index in [-0.39, 0.29) is 6.04 Å². The van der Waals surface area contributed by atoms with Gasteiger partial charge in [0.1, 0.15) is 0 Å². The first-order chi connectivity index (χ1) is 14.1. The molecule has 2 aromatic carbocycles. The smallest absolute Gasteiger partial charge is 0.200 e. The van der Waals surface area contributed by atoms with Crippen LogP contribution in [0.25, 0.3) is 0 Å². The fourth-order valence-electron chi connectivity index (χ4n) is 4.84. The topological polar surface area (TPSA) is 37.3 Å². The fourth-order valence-corrected chi connectivity index (χ4v) is 5.08. The number of likely N-dealkylation sites (tertiary alicyclic amines) is 1. The number of hydrogen-bond donors (Lipinski definition) is 0. The molecule has 0 N–H and O–H groups in total. The number of piperidine rings is 1. The van der Waals surface area contributed by atoms with Crippen LogP contribution in [-0.2, 0) is 0 Å². The lowest BCUT2D eigenvalue weighted by Crippen LogP contribution is -2.59. The lowest BCUT2D eigenvalue weighted by Gasteiger charge is -2.51. The maximum atomic E-state index is 6.74. The molecular formula is C23H26ClN3O2. The summed E-state index contributed by atoms with van der Waals surface area (Å²) in [6, 6.07) is 14.2. The molecule has 0 aromatic heterocycles. The number of benzene rings is 2. The van der Waals surface area contributed by atoms with Crippen molar-refractivity contribution in [3.63, 3.8) is 0 Å². The van der Waals surface area contributed by atoms with Crippen LogP contribution < -0.4 is 9.47 Å². The normalized spacial score (nSPS) is 22.7. The zero-order valence-corrected chi connectivity index (χ0v) is 17.7. The molecule has 0 bridgehead atoms. The second-order valence-corrected chi connectivity index (χ2v) is 8.36. The summed E-state index contributed by atoms with van der Waals surface area (Å²) < 4.78 is 12.4. The number of methoxy groups -OCH3 is 1. The van der Waals surface area contributed by atoms with E-state index in [0.29, 0.717) is 0 Å². The highest BCUT2D eigenvalue weighted by molar-refractivity contribution is 6.34. The summed E-state index contributed by atoms with van der Waals surface area (Å²) in [5.41, 5.74) is 2.73. The van der Waals surface area contributed by atoms with Crippen molar-refractivity contribution in [3.05, 3.63) is 58.6 Å². The fraction of sp³-hybridized carbons (Fsp3) is 0.435. The van der Waals surface area contributed by atoms with Crippen molar-refractivity contribution in [1.82, 2.24) is 9.91 Å². The summed E-state index contributed by atoms with van der Waals surface area (Å²) in [7, 11) is 1.71. The molecule has 0 radical (unpaired) electrons. The summed E-state index contributed by atoms with van der Waals surface area (Å²) in [6.45, 7) is 5.28. The van der Waals surface area contributed by atoms with Crippen molar-refractivity contribution >= 4 is 17.3 Å². The van der Waals surface area contributed by atoms with Gasteiger partial charge in [-0.25, -0.2) is 5.01 Å². The Morgan fingerprint density at radius 1 is 1.17 bits per heavy atom. The van der Waals surface area contributed by atoms with Crippen LogP contribution in [0.4, 0.5) is 0 Å². The Kier molecular flexibility index (Phi) is 4.67. The van der Waals surface area contributed by atoms with Gasteiger partial charge in [-0.05, 0) is 18.7 Å². The van der Waals surface area contributed by atoms with E-state index in [1.54, 1.807) is 7.11 Å². The number of hydrazone groups is 1. The molecule has 2 aromatic rings. The standard InChI is InChI=1S/C23H26ClN3O2/c1-3-26-13-11-23(12-14-26)27-20(17-8-6-10-21(28-2)22(17)29-23)15-19(25-27)16-7-4-5-9-18(16)24/h4-10,20H,3,11-15H2,1-2H3. The summed E-state index contributed by atoms with van der Waals surface area (Å²) in [5, 5.41) is 8.07. The van der Waals surface area contributed by atoms with Crippen molar-refractivity contribution in [2.24, 2.45) is 5.10 Å². The molecule has 1 atom stereocenters. The Morgan fingerprint density at radius 2 is 1.97 bits per heavy atom. The van der Waals surface area contributed by atoms with Gasteiger partial charge in [0, 0.05) is 48.5 Å². The van der Waals surface area contributed by atoms with Crippen LogP contribution in [0.3, 0.4) is 0 Å². The van der Waals surface area contributed by atoms with Gasteiger partial charge in [-0.3, -0.25) is 0 Å². The third-order valence-corrected chi connectivity index (χ3v) is 6.81. The number of para-hydroxylation sites is 1. The Hall–Kier alpha value is -2.24. The number of fused-ring (bicyclic) bond motifs is 4. The second kappa shape index (κ2) is 7.22. The monoisotopic (exact) mass is 411 g/mol. The predicted octanol–water partition coefficient (Wildman–Crippen LogP) is 4.70. The van der Waals surface area contributed by atoms with E-state index in [0.717, 1.165) is 72.3 Å². The molecule has 152 valence electrons. The van der Waals surface area contributed by atoms with Crippen molar-refractivity contribution in [3.8, 4) is 11.5 Å². The molecule has 3 aliphatic rings. The van der Waals surface area contributed by atoms with Crippen LogP contribution in [0, 0.1) is 0 Å². The maximum absolute atomic E-state index is 6.74. The van der Waals surface area contributed by atoms with E-state index in [4.69, 9.17) is 26.2 Å². The summed E-state index contributed by atoms with van der Waals surface area (Å²) in [4.78, 5) is 2.47. The highest BCUT2D eigenvalue weighted by Crippen LogP contribution is 2.52. The van der Waals surface area contributed by atoms with Crippen molar-refractivity contribution in [2.75, 3.05) is 26.7 Å². The molecule has 1 spiro atoms. The highest BCUT2D eigenvalue weighted by atomic mass is 35.5. The van der Waals surface area contributed by atoms with Gasteiger partial charge in [0.2, 0.25) is 5.72 Å². The Labute approximate surface area is 176 Å². The molecule has 1 fully saturated rings. The predicted molar refractivity (Wildman–Crippen MR) is 115 cm³/mol. The molecule has 1 saturated heterocycles. The first-order valence-electron chi connectivity index (χ1n) is 10.3. The molecular weight excluding hydrogens is 386 g/mol. The van der Waals surface area contributed by atoms with Gasteiger partial charge < -0.3 is 14.4 Å². The minimum Gasteiger partial charge on any atom is -0.493 e. The van der Waals surface area contributed by atoms with Gasteiger partial charge in [0.25, 0.3) is 0 Å². The molecule has 1 unspecified atom stereocenters. The Balaban J connectivity index is 1.60. The largest absolute Gasteiger partial charge is 0.493 e. The van der Waals surface area contributed by atoms with Gasteiger partial charge >= 0.3 is 0 Å². The van der Waals surface area contributed by atoms with Crippen LogP contribution in [0.5, 0.6) is 11.5 Å². The molecule has 5 rings (SSSR count). The number of nitrogens with zero attached hydrogens (tertiary/aromatic N) is 3. The summed E-state index contributed by atoms with van der Waals surface area (Å²) in [6.07, 6.45) is 2.63. The van der Waals surface area contributed by atoms with Crippen LogP contribution in [0.15, 0.2) is 47.6 Å². The SMILES string of the molecule is CCN1CCC2(CC1)Oc1c(OC)cccc1C1CC(c3ccccc3Cl)=NN12. The van der Waals surface area contributed by atoms with Gasteiger partial charge in [0.15, 0.2) is 11.5 Å². The van der Waals surface area contributed by atoms with Gasteiger partial charge in [-0.15, -0.1) is 0 Å². The summed E-state index contributed by atoms with van der Waals surface area (Å²) in [5.74, 6) is 1.67. The molecule has 29 heavy (non-hydrogen) atoms. The van der Waals surface area contributed by atoms with Crippen molar-refractivity contribution < 1.29 is 9.47 Å². The van der Waals surface area contributed by atoms with Crippen molar-refractivity contribution in [1.29, 1.82) is 0 Å². The highest BCUT2D eigenvalue weighted by Gasteiger charge is 2.52. The zero-order valence-electron chi connectivity index (χ0n) is 16.9. The second-order valence-electron chi connectivity index (χ2n) is 7.95. The van der Waals surface area contributed by atoms with Crippen molar-refractivity contribution in [2.45, 2.75) is 38.0 Å². The number of hydrogen-bond acceptors (Lipinski definition) is 5.